The molecule has 54 valence electrons. The van der Waals surface area contributed by atoms with Crippen LogP contribution in [0.2, 0.25) is 0 Å². The van der Waals surface area contributed by atoms with Gasteiger partial charge < -0.3 is 10.5 Å². The first-order valence-electron chi connectivity index (χ1n) is 2.94. The van der Waals surface area contributed by atoms with Crippen molar-refractivity contribution in [2.75, 3.05) is 13.7 Å². The van der Waals surface area contributed by atoms with Gasteiger partial charge in [-0.1, -0.05) is 6.92 Å². The van der Waals surface area contributed by atoms with Gasteiger partial charge in [-0.15, -0.1) is 0 Å². The van der Waals surface area contributed by atoms with E-state index in [1.807, 2.05) is 6.92 Å². The summed E-state index contributed by atoms with van der Waals surface area (Å²) < 4.78 is 4.80. The first-order valence-corrected chi connectivity index (χ1v) is 2.94. The molecule has 0 unspecified atom stereocenters. The third-order valence-corrected chi connectivity index (χ3v) is 1.00. The second-order valence-electron chi connectivity index (χ2n) is 2.23. The molecular formula is C6H13NO2. The maximum atomic E-state index is 10.3. The monoisotopic (exact) mass is 131 g/mol. The molecule has 3 nitrogen and oxygen atoms in total. The Bertz CT molecular complexity index is 93.1. The lowest BCUT2D eigenvalue weighted by atomic mass is 10.1. The zero-order valence-electron chi connectivity index (χ0n) is 5.89. The molecule has 0 aromatic heterocycles. The van der Waals surface area contributed by atoms with Gasteiger partial charge in [0, 0.05) is 20.1 Å². The van der Waals surface area contributed by atoms with Crippen LogP contribution in [0.3, 0.4) is 0 Å². The van der Waals surface area contributed by atoms with E-state index in [9.17, 15) is 4.79 Å². The zero-order chi connectivity index (χ0) is 7.28. The highest BCUT2D eigenvalue weighted by atomic mass is 16.5. The maximum absolute atomic E-state index is 10.3. The van der Waals surface area contributed by atoms with Crippen LogP contribution in [0.25, 0.3) is 0 Å². The normalized spacial score (nSPS) is 13.1. The molecule has 0 aliphatic carbocycles. The van der Waals surface area contributed by atoms with Crippen LogP contribution >= 0.6 is 0 Å². The highest BCUT2D eigenvalue weighted by Gasteiger charge is 2.03. The summed E-state index contributed by atoms with van der Waals surface area (Å²) in [7, 11) is 1.61. The minimum Gasteiger partial charge on any atom is -0.384 e. The van der Waals surface area contributed by atoms with Gasteiger partial charge in [0.2, 0.25) is 5.91 Å². The molecule has 0 radical (unpaired) electrons. The van der Waals surface area contributed by atoms with E-state index in [1.54, 1.807) is 7.11 Å². The standard InChI is InChI=1S/C6H13NO2/c1-5(4-9-2)3-6(7)8/h5H,3-4H2,1-2H3,(H2,7,8)/t5-/m0/s1. The Kier molecular flexibility index (Phi) is 4.05. The van der Waals surface area contributed by atoms with E-state index >= 15 is 0 Å². The van der Waals surface area contributed by atoms with Crippen LogP contribution in [0.15, 0.2) is 0 Å². The van der Waals surface area contributed by atoms with Crippen LogP contribution < -0.4 is 5.73 Å². The van der Waals surface area contributed by atoms with Crippen LogP contribution in [0.1, 0.15) is 13.3 Å². The Morgan fingerprint density at radius 2 is 2.33 bits per heavy atom. The number of primary amides is 1. The summed E-state index contributed by atoms with van der Waals surface area (Å²) in [4.78, 5) is 10.3. The smallest absolute Gasteiger partial charge is 0.217 e. The van der Waals surface area contributed by atoms with Crippen LogP contribution in [-0.2, 0) is 9.53 Å². The summed E-state index contributed by atoms with van der Waals surface area (Å²) in [6.07, 6.45) is 0.411. The second kappa shape index (κ2) is 4.32. The molecule has 0 aliphatic rings. The van der Waals surface area contributed by atoms with E-state index in [0.717, 1.165) is 0 Å². The highest BCUT2D eigenvalue weighted by Crippen LogP contribution is 1.99. The molecule has 9 heavy (non-hydrogen) atoms. The van der Waals surface area contributed by atoms with E-state index in [-0.39, 0.29) is 11.8 Å². The predicted octanol–water partition coefficient (Wildman–Crippen LogP) is 0.144. The third-order valence-electron chi connectivity index (χ3n) is 1.00. The van der Waals surface area contributed by atoms with E-state index in [1.165, 1.54) is 0 Å². The number of carbonyl (C=O) groups is 1. The fourth-order valence-corrected chi connectivity index (χ4v) is 0.687. The lowest BCUT2D eigenvalue weighted by Crippen LogP contribution is -2.17. The number of ether oxygens (including phenoxy) is 1. The molecule has 0 bridgehead atoms. The minimum absolute atomic E-state index is 0.243. The SMILES string of the molecule is COC[C@@H](C)CC(N)=O. The van der Waals surface area contributed by atoms with E-state index in [0.29, 0.717) is 13.0 Å². The van der Waals surface area contributed by atoms with E-state index in [2.05, 4.69) is 0 Å². The van der Waals surface area contributed by atoms with Gasteiger partial charge in [-0.25, -0.2) is 0 Å². The van der Waals surface area contributed by atoms with Gasteiger partial charge in [0.25, 0.3) is 0 Å². The molecule has 1 amide bonds. The summed E-state index contributed by atoms with van der Waals surface area (Å²) in [6.45, 7) is 2.53. The van der Waals surface area contributed by atoms with Gasteiger partial charge in [0.1, 0.15) is 0 Å². The fourth-order valence-electron chi connectivity index (χ4n) is 0.687. The Balaban J connectivity index is 3.26. The van der Waals surface area contributed by atoms with E-state index in [4.69, 9.17) is 10.5 Å². The van der Waals surface area contributed by atoms with Crippen LogP contribution in [0.5, 0.6) is 0 Å². The van der Waals surface area contributed by atoms with Crippen molar-refractivity contribution in [1.29, 1.82) is 0 Å². The van der Waals surface area contributed by atoms with Gasteiger partial charge in [0.05, 0.1) is 0 Å². The first-order chi connectivity index (χ1) is 4.16. The lowest BCUT2D eigenvalue weighted by Gasteiger charge is -2.05. The van der Waals surface area contributed by atoms with Crippen molar-refractivity contribution in [2.24, 2.45) is 11.7 Å². The van der Waals surface area contributed by atoms with Crippen molar-refractivity contribution in [3.05, 3.63) is 0 Å². The molecule has 0 fully saturated rings. The molecule has 0 rings (SSSR count). The number of methoxy groups -OCH3 is 1. The average molecular weight is 131 g/mol. The Labute approximate surface area is 55.2 Å². The van der Waals surface area contributed by atoms with Crippen molar-refractivity contribution >= 4 is 5.91 Å². The number of nitrogens with two attached hydrogens (primary N) is 1. The zero-order valence-corrected chi connectivity index (χ0v) is 5.89. The predicted molar refractivity (Wildman–Crippen MR) is 34.9 cm³/mol. The molecular weight excluding hydrogens is 118 g/mol. The van der Waals surface area contributed by atoms with Crippen molar-refractivity contribution in [2.45, 2.75) is 13.3 Å². The summed E-state index contributed by atoms with van der Waals surface area (Å²) >= 11 is 0. The summed E-state index contributed by atoms with van der Waals surface area (Å²) in [6, 6.07) is 0. The maximum Gasteiger partial charge on any atom is 0.217 e. The largest absolute Gasteiger partial charge is 0.384 e. The molecule has 0 aromatic carbocycles. The Morgan fingerprint density at radius 1 is 1.78 bits per heavy atom. The summed E-state index contributed by atoms with van der Waals surface area (Å²) in [5, 5.41) is 0. The lowest BCUT2D eigenvalue weighted by molar-refractivity contribution is -0.119. The van der Waals surface area contributed by atoms with Crippen LogP contribution in [0, 0.1) is 5.92 Å². The number of carbonyl (C=O) groups excluding carboxylic acids is 1. The molecule has 0 spiro atoms. The van der Waals surface area contributed by atoms with Crippen molar-refractivity contribution in [1.82, 2.24) is 0 Å². The molecule has 2 N–H and O–H groups in total. The quantitative estimate of drug-likeness (QED) is 0.590. The Morgan fingerprint density at radius 3 is 2.67 bits per heavy atom. The minimum atomic E-state index is -0.264. The topological polar surface area (TPSA) is 52.3 Å². The second-order valence-corrected chi connectivity index (χ2v) is 2.23. The molecule has 0 aromatic rings. The first kappa shape index (κ1) is 8.43. The molecule has 0 heterocycles. The van der Waals surface area contributed by atoms with Crippen molar-refractivity contribution < 1.29 is 9.53 Å². The number of hydrogen-bond acceptors (Lipinski definition) is 2. The number of amides is 1. The van der Waals surface area contributed by atoms with Gasteiger partial charge >= 0.3 is 0 Å². The molecule has 1 atom stereocenters. The van der Waals surface area contributed by atoms with Gasteiger partial charge in [0.15, 0.2) is 0 Å². The van der Waals surface area contributed by atoms with Gasteiger partial charge in [-0.2, -0.15) is 0 Å². The number of rotatable bonds is 4. The summed E-state index contributed by atoms with van der Waals surface area (Å²) in [5.41, 5.74) is 4.93. The summed E-state index contributed by atoms with van der Waals surface area (Å²) in [5.74, 6) is -0.0212. The third kappa shape index (κ3) is 5.30. The van der Waals surface area contributed by atoms with Crippen LogP contribution in [0.4, 0.5) is 0 Å². The van der Waals surface area contributed by atoms with Crippen molar-refractivity contribution in [3.8, 4) is 0 Å². The van der Waals surface area contributed by atoms with E-state index < -0.39 is 0 Å². The molecule has 0 saturated heterocycles. The molecule has 0 aliphatic heterocycles. The highest BCUT2D eigenvalue weighted by molar-refractivity contribution is 5.73. The fraction of sp³-hybridized carbons (Fsp3) is 0.833. The van der Waals surface area contributed by atoms with Crippen molar-refractivity contribution in [3.63, 3.8) is 0 Å². The van der Waals surface area contributed by atoms with Gasteiger partial charge in [-0.3, -0.25) is 4.79 Å². The average Bonchev–Trinajstić information content (AvgIpc) is 1.63. The molecule has 0 saturated carbocycles. The van der Waals surface area contributed by atoms with Crippen LogP contribution in [-0.4, -0.2) is 19.6 Å². The molecule has 3 heteroatoms. The van der Waals surface area contributed by atoms with Gasteiger partial charge in [-0.05, 0) is 5.92 Å². The Hall–Kier alpha value is -0.570. The number of hydrogen-bond donors (Lipinski definition) is 1.